The minimum absolute atomic E-state index is 0.759. The van der Waals surface area contributed by atoms with Gasteiger partial charge in [-0.2, -0.15) is 11.8 Å². The van der Waals surface area contributed by atoms with Gasteiger partial charge in [-0.15, -0.1) is 0 Å². The molecule has 84 valence electrons. The van der Waals surface area contributed by atoms with Crippen molar-refractivity contribution in [3.8, 4) is 0 Å². The van der Waals surface area contributed by atoms with Crippen LogP contribution in [0.15, 0.2) is 0 Å². The molecule has 2 unspecified atom stereocenters. The molecule has 2 nitrogen and oxygen atoms in total. The van der Waals surface area contributed by atoms with Gasteiger partial charge in [0, 0.05) is 6.04 Å². The van der Waals surface area contributed by atoms with Crippen molar-refractivity contribution in [2.45, 2.75) is 31.7 Å². The van der Waals surface area contributed by atoms with Crippen molar-refractivity contribution < 1.29 is 0 Å². The topological polar surface area (TPSA) is 29.3 Å². The van der Waals surface area contributed by atoms with Crippen LogP contribution in [-0.2, 0) is 0 Å². The van der Waals surface area contributed by atoms with Crippen molar-refractivity contribution in [2.24, 2.45) is 11.7 Å². The van der Waals surface area contributed by atoms with Gasteiger partial charge in [-0.25, -0.2) is 0 Å². The van der Waals surface area contributed by atoms with Gasteiger partial charge in [-0.1, -0.05) is 6.42 Å². The molecule has 0 aromatic heterocycles. The minimum atomic E-state index is 0.759. The van der Waals surface area contributed by atoms with Crippen LogP contribution >= 0.6 is 11.8 Å². The molecule has 0 bridgehead atoms. The zero-order valence-corrected chi connectivity index (χ0v) is 10.4. The molecule has 14 heavy (non-hydrogen) atoms. The quantitative estimate of drug-likeness (QED) is 0.687. The normalized spacial score (nSPS) is 27.4. The van der Waals surface area contributed by atoms with E-state index < -0.39 is 0 Å². The Morgan fingerprint density at radius 3 is 2.86 bits per heavy atom. The number of nitrogens with two attached hydrogens (primary N) is 1. The first-order chi connectivity index (χ1) is 6.79. The first-order valence-electron chi connectivity index (χ1n) is 5.68. The second kappa shape index (κ2) is 6.70. The molecule has 0 spiro atoms. The molecule has 1 aliphatic carbocycles. The third-order valence-electron chi connectivity index (χ3n) is 3.35. The standard InChI is InChI=1S/C11H24N2S/c1-13(7-4-8-14-2)11-6-3-5-10(11)9-12/h10-11H,3-9,12H2,1-2H3. The van der Waals surface area contributed by atoms with Crippen molar-refractivity contribution in [3.63, 3.8) is 0 Å². The lowest BCUT2D eigenvalue weighted by atomic mass is 10.0. The van der Waals surface area contributed by atoms with Crippen LogP contribution in [0.5, 0.6) is 0 Å². The van der Waals surface area contributed by atoms with E-state index in [0.717, 1.165) is 18.5 Å². The van der Waals surface area contributed by atoms with Crippen molar-refractivity contribution in [1.82, 2.24) is 4.90 Å². The Kier molecular flexibility index (Phi) is 5.90. The highest BCUT2D eigenvalue weighted by Crippen LogP contribution is 2.28. The predicted molar refractivity (Wildman–Crippen MR) is 65.8 cm³/mol. The molecule has 1 fully saturated rings. The summed E-state index contributed by atoms with van der Waals surface area (Å²) in [6.45, 7) is 2.11. The monoisotopic (exact) mass is 216 g/mol. The number of hydrogen-bond donors (Lipinski definition) is 1. The lowest BCUT2D eigenvalue weighted by molar-refractivity contribution is 0.201. The molecule has 1 saturated carbocycles. The van der Waals surface area contributed by atoms with Crippen LogP contribution < -0.4 is 5.73 Å². The molecule has 1 rings (SSSR count). The second-order valence-corrected chi connectivity index (χ2v) is 5.31. The molecule has 0 heterocycles. The highest BCUT2D eigenvalue weighted by atomic mass is 32.2. The Hall–Kier alpha value is 0.270. The fourth-order valence-electron chi connectivity index (χ4n) is 2.50. The molecule has 0 amide bonds. The third kappa shape index (κ3) is 3.44. The smallest absolute Gasteiger partial charge is 0.0132 e. The fraction of sp³-hybridized carbons (Fsp3) is 1.00. The maximum Gasteiger partial charge on any atom is 0.0132 e. The zero-order chi connectivity index (χ0) is 10.4. The van der Waals surface area contributed by atoms with Gasteiger partial charge < -0.3 is 10.6 Å². The van der Waals surface area contributed by atoms with Crippen LogP contribution in [0.25, 0.3) is 0 Å². The van der Waals surface area contributed by atoms with E-state index >= 15 is 0 Å². The SMILES string of the molecule is CSCCCN(C)C1CCCC1CN. The first kappa shape index (κ1) is 12.3. The number of hydrogen-bond acceptors (Lipinski definition) is 3. The van der Waals surface area contributed by atoms with Crippen LogP contribution in [-0.4, -0.2) is 43.1 Å². The van der Waals surface area contributed by atoms with Crippen LogP contribution in [0.1, 0.15) is 25.7 Å². The Morgan fingerprint density at radius 2 is 2.21 bits per heavy atom. The summed E-state index contributed by atoms with van der Waals surface area (Å²) in [5, 5.41) is 0. The summed E-state index contributed by atoms with van der Waals surface area (Å²) in [5.41, 5.74) is 5.79. The molecular formula is C11H24N2S. The molecule has 0 radical (unpaired) electrons. The highest BCUT2D eigenvalue weighted by molar-refractivity contribution is 7.98. The zero-order valence-electron chi connectivity index (χ0n) is 9.54. The van der Waals surface area contributed by atoms with Gasteiger partial charge in [-0.3, -0.25) is 0 Å². The summed E-state index contributed by atoms with van der Waals surface area (Å²) in [4.78, 5) is 2.53. The van der Waals surface area contributed by atoms with E-state index in [1.54, 1.807) is 0 Å². The second-order valence-electron chi connectivity index (χ2n) is 4.32. The molecule has 0 aromatic rings. The molecule has 2 atom stereocenters. The molecule has 1 aliphatic rings. The lowest BCUT2D eigenvalue weighted by Crippen LogP contribution is -2.38. The molecule has 2 N–H and O–H groups in total. The van der Waals surface area contributed by atoms with Gasteiger partial charge in [0.2, 0.25) is 0 Å². The number of thioether (sulfide) groups is 1. The molecule has 3 heteroatoms. The van der Waals surface area contributed by atoms with Gasteiger partial charge >= 0.3 is 0 Å². The van der Waals surface area contributed by atoms with Gasteiger partial charge in [0.25, 0.3) is 0 Å². The lowest BCUT2D eigenvalue weighted by Gasteiger charge is -2.28. The molecule has 0 saturated heterocycles. The van der Waals surface area contributed by atoms with Crippen LogP contribution in [0.3, 0.4) is 0 Å². The summed E-state index contributed by atoms with van der Waals surface area (Å²) >= 11 is 1.94. The van der Waals surface area contributed by atoms with Gasteiger partial charge in [-0.05, 0) is 57.3 Å². The molecular weight excluding hydrogens is 192 g/mol. The fourth-order valence-corrected chi connectivity index (χ4v) is 2.91. The van der Waals surface area contributed by atoms with Gasteiger partial charge in [0.05, 0.1) is 0 Å². The maximum absolute atomic E-state index is 5.79. The number of nitrogens with zero attached hydrogens (tertiary/aromatic N) is 1. The Balaban J connectivity index is 2.24. The predicted octanol–water partition coefficient (Wildman–Crippen LogP) is 1.80. The van der Waals surface area contributed by atoms with Gasteiger partial charge in [0.15, 0.2) is 0 Å². The van der Waals surface area contributed by atoms with E-state index in [-0.39, 0.29) is 0 Å². The minimum Gasteiger partial charge on any atom is -0.330 e. The van der Waals surface area contributed by atoms with Crippen molar-refractivity contribution in [1.29, 1.82) is 0 Å². The molecule has 0 aliphatic heterocycles. The van der Waals surface area contributed by atoms with Crippen molar-refractivity contribution >= 4 is 11.8 Å². The Labute approximate surface area is 92.6 Å². The Morgan fingerprint density at radius 1 is 1.43 bits per heavy atom. The van der Waals surface area contributed by atoms with Crippen LogP contribution in [0, 0.1) is 5.92 Å². The van der Waals surface area contributed by atoms with Gasteiger partial charge in [0.1, 0.15) is 0 Å². The highest BCUT2D eigenvalue weighted by Gasteiger charge is 2.28. The van der Waals surface area contributed by atoms with E-state index in [1.807, 2.05) is 11.8 Å². The van der Waals surface area contributed by atoms with E-state index in [2.05, 4.69) is 18.2 Å². The average molecular weight is 216 g/mol. The summed E-state index contributed by atoms with van der Waals surface area (Å²) < 4.78 is 0. The average Bonchev–Trinajstić information content (AvgIpc) is 2.65. The van der Waals surface area contributed by atoms with Crippen LogP contribution in [0.2, 0.25) is 0 Å². The first-order valence-corrected chi connectivity index (χ1v) is 7.08. The summed E-state index contributed by atoms with van der Waals surface area (Å²) in [6, 6.07) is 0.766. The summed E-state index contributed by atoms with van der Waals surface area (Å²) in [6.07, 6.45) is 7.56. The largest absolute Gasteiger partial charge is 0.330 e. The van der Waals surface area contributed by atoms with Crippen molar-refractivity contribution in [3.05, 3.63) is 0 Å². The number of rotatable bonds is 6. The molecule has 0 aromatic carbocycles. The summed E-state index contributed by atoms with van der Waals surface area (Å²) in [7, 11) is 2.26. The van der Waals surface area contributed by atoms with E-state index in [4.69, 9.17) is 5.73 Å². The van der Waals surface area contributed by atoms with E-state index in [9.17, 15) is 0 Å². The van der Waals surface area contributed by atoms with E-state index in [0.29, 0.717) is 0 Å². The maximum atomic E-state index is 5.79. The van der Waals surface area contributed by atoms with Crippen molar-refractivity contribution in [2.75, 3.05) is 32.1 Å². The van der Waals surface area contributed by atoms with Crippen LogP contribution in [0.4, 0.5) is 0 Å². The van der Waals surface area contributed by atoms with E-state index in [1.165, 1.54) is 38.0 Å². The Bertz CT molecular complexity index is 152. The summed E-state index contributed by atoms with van der Waals surface area (Å²) in [5.74, 6) is 2.04. The third-order valence-corrected chi connectivity index (χ3v) is 4.04.